The van der Waals surface area contributed by atoms with Crippen molar-refractivity contribution in [1.29, 1.82) is 0 Å². The summed E-state index contributed by atoms with van der Waals surface area (Å²) >= 11 is 1.46. The molecule has 0 saturated carbocycles. The van der Waals surface area contributed by atoms with Crippen LogP contribution in [0, 0.1) is 0 Å². The summed E-state index contributed by atoms with van der Waals surface area (Å²) in [5, 5.41) is 11.7. The predicted octanol–water partition coefficient (Wildman–Crippen LogP) is 3.68. The minimum atomic E-state index is -0.430. The SMILES string of the molecule is COc1ccc(-c2nc(COC(=O)c3ccc(CO)cc3)cs2)cc1OC. The van der Waals surface area contributed by atoms with E-state index in [0.29, 0.717) is 22.8 Å². The summed E-state index contributed by atoms with van der Waals surface area (Å²) in [5.41, 5.74) is 2.74. The molecule has 0 spiro atoms. The molecule has 6 nitrogen and oxygen atoms in total. The zero-order valence-corrected chi connectivity index (χ0v) is 15.8. The zero-order valence-electron chi connectivity index (χ0n) is 15.0. The molecule has 7 heteroatoms. The van der Waals surface area contributed by atoms with Gasteiger partial charge in [0.2, 0.25) is 0 Å². The highest BCUT2D eigenvalue weighted by Crippen LogP contribution is 2.33. The first-order valence-electron chi connectivity index (χ1n) is 8.18. The summed E-state index contributed by atoms with van der Waals surface area (Å²) in [4.78, 5) is 16.6. The monoisotopic (exact) mass is 385 g/mol. The fourth-order valence-corrected chi connectivity index (χ4v) is 3.25. The number of ether oxygens (including phenoxy) is 3. The van der Waals surface area contributed by atoms with Crippen LogP contribution in [0.3, 0.4) is 0 Å². The number of benzene rings is 2. The Hall–Kier alpha value is -2.90. The number of hydrogen-bond donors (Lipinski definition) is 1. The summed E-state index contributed by atoms with van der Waals surface area (Å²) in [7, 11) is 3.17. The first kappa shape index (κ1) is 18.9. The van der Waals surface area contributed by atoms with Crippen LogP contribution in [0.25, 0.3) is 10.6 Å². The molecule has 0 bridgehead atoms. The van der Waals surface area contributed by atoms with E-state index in [1.165, 1.54) is 11.3 Å². The van der Waals surface area contributed by atoms with Crippen LogP contribution in [-0.2, 0) is 18.0 Å². The number of aliphatic hydroxyl groups excluding tert-OH is 1. The lowest BCUT2D eigenvalue weighted by Gasteiger charge is -2.08. The van der Waals surface area contributed by atoms with Crippen LogP contribution in [0.5, 0.6) is 11.5 Å². The van der Waals surface area contributed by atoms with Gasteiger partial charge < -0.3 is 19.3 Å². The van der Waals surface area contributed by atoms with Gasteiger partial charge in [0.05, 0.1) is 32.1 Å². The molecule has 0 unspecified atom stereocenters. The van der Waals surface area contributed by atoms with Gasteiger partial charge in [-0.2, -0.15) is 0 Å². The fraction of sp³-hybridized carbons (Fsp3) is 0.200. The number of rotatable bonds is 7. The number of aliphatic hydroxyl groups is 1. The molecule has 1 N–H and O–H groups in total. The highest BCUT2D eigenvalue weighted by Gasteiger charge is 2.12. The predicted molar refractivity (Wildman–Crippen MR) is 102 cm³/mol. The second-order valence-electron chi connectivity index (χ2n) is 5.64. The number of methoxy groups -OCH3 is 2. The fourth-order valence-electron chi connectivity index (χ4n) is 2.44. The Bertz CT molecular complexity index is 920. The molecular formula is C20H19NO5S. The molecule has 27 heavy (non-hydrogen) atoms. The van der Waals surface area contributed by atoms with Crippen LogP contribution < -0.4 is 9.47 Å². The van der Waals surface area contributed by atoms with E-state index < -0.39 is 5.97 Å². The van der Waals surface area contributed by atoms with Crippen molar-refractivity contribution >= 4 is 17.3 Å². The first-order chi connectivity index (χ1) is 13.1. The number of thiazole rings is 1. The quantitative estimate of drug-likeness (QED) is 0.625. The van der Waals surface area contributed by atoms with E-state index in [-0.39, 0.29) is 13.2 Å². The van der Waals surface area contributed by atoms with Gasteiger partial charge in [0, 0.05) is 10.9 Å². The number of carbonyl (C=O) groups excluding carboxylic acids is 1. The lowest BCUT2D eigenvalue weighted by atomic mass is 10.1. The molecule has 0 fully saturated rings. The second kappa shape index (κ2) is 8.66. The van der Waals surface area contributed by atoms with Gasteiger partial charge in [-0.15, -0.1) is 11.3 Å². The summed E-state index contributed by atoms with van der Waals surface area (Å²) in [5.74, 6) is 0.851. The molecule has 140 valence electrons. The first-order valence-corrected chi connectivity index (χ1v) is 9.06. The van der Waals surface area contributed by atoms with Crippen molar-refractivity contribution in [2.75, 3.05) is 14.2 Å². The summed E-state index contributed by atoms with van der Waals surface area (Å²) in [6.07, 6.45) is 0. The number of aromatic nitrogens is 1. The normalized spacial score (nSPS) is 10.5. The van der Waals surface area contributed by atoms with E-state index in [2.05, 4.69) is 4.98 Å². The lowest BCUT2D eigenvalue weighted by molar-refractivity contribution is 0.0468. The van der Waals surface area contributed by atoms with Gasteiger partial charge >= 0.3 is 5.97 Å². The molecule has 0 aliphatic carbocycles. The van der Waals surface area contributed by atoms with Gasteiger partial charge in [-0.05, 0) is 35.9 Å². The van der Waals surface area contributed by atoms with E-state index in [9.17, 15) is 4.79 Å². The van der Waals surface area contributed by atoms with Crippen molar-refractivity contribution in [1.82, 2.24) is 4.98 Å². The van der Waals surface area contributed by atoms with Gasteiger partial charge in [-0.25, -0.2) is 9.78 Å². The molecule has 1 aromatic heterocycles. The van der Waals surface area contributed by atoms with Gasteiger partial charge in [0.25, 0.3) is 0 Å². The molecule has 0 aliphatic heterocycles. The standard InChI is InChI=1S/C20H19NO5S/c1-24-17-8-7-15(9-18(17)25-2)19-21-16(12-27-19)11-26-20(23)14-5-3-13(10-22)4-6-14/h3-9,12,22H,10-11H2,1-2H3. The second-order valence-corrected chi connectivity index (χ2v) is 6.50. The maximum absolute atomic E-state index is 12.1. The van der Waals surface area contributed by atoms with Crippen molar-refractivity contribution in [3.05, 3.63) is 64.7 Å². The van der Waals surface area contributed by atoms with E-state index >= 15 is 0 Å². The molecule has 2 aromatic carbocycles. The Morgan fingerprint density at radius 1 is 1.07 bits per heavy atom. The molecule has 3 rings (SSSR count). The van der Waals surface area contributed by atoms with Crippen molar-refractivity contribution in [2.24, 2.45) is 0 Å². The third kappa shape index (κ3) is 4.45. The third-order valence-corrected chi connectivity index (χ3v) is 4.85. The van der Waals surface area contributed by atoms with Crippen molar-refractivity contribution in [3.8, 4) is 22.1 Å². The Kier molecular flexibility index (Phi) is 6.05. The van der Waals surface area contributed by atoms with E-state index in [1.54, 1.807) is 38.5 Å². The Balaban J connectivity index is 1.66. The minimum Gasteiger partial charge on any atom is -0.493 e. The van der Waals surface area contributed by atoms with Crippen molar-refractivity contribution < 1.29 is 24.1 Å². The molecule has 1 heterocycles. The molecule has 0 radical (unpaired) electrons. The number of nitrogens with zero attached hydrogens (tertiary/aromatic N) is 1. The van der Waals surface area contributed by atoms with E-state index in [1.807, 2.05) is 23.6 Å². The average molecular weight is 385 g/mol. The molecule has 0 atom stereocenters. The highest BCUT2D eigenvalue weighted by atomic mass is 32.1. The largest absolute Gasteiger partial charge is 0.493 e. The number of carbonyl (C=O) groups is 1. The van der Waals surface area contributed by atoms with Crippen LogP contribution in [0.4, 0.5) is 0 Å². The van der Waals surface area contributed by atoms with Crippen molar-refractivity contribution in [2.45, 2.75) is 13.2 Å². The van der Waals surface area contributed by atoms with Crippen LogP contribution in [-0.4, -0.2) is 30.3 Å². The van der Waals surface area contributed by atoms with Crippen molar-refractivity contribution in [3.63, 3.8) is 0 Å². The summed E-state index contributed by atoms with van der Waals surface area (Å²) in [6.45, 7) is 0.0252. The van der Waals surface area contributed by atoms with Crippen LogP contribution in [0.15, 0.2) is 47.8 Å². The maximum Gasteiger partial charge on any atom is 0.338 e. The molecule has 0 aliphatic rings. The summed E-state index contributed by atoms with van der Waals surface area (Å²) < 4.78 is 15.9. The smallest absolute Gasteiger partial charge is 0.338 e. The summed E-state index contributed by atoms with van der Waals surface area (Å²) in [6, 6.07) is 12.2. The minimum absolute atomic E-state index is 0.0624. The topological polar surface area (TPSA) is 77.9 Å². The molecule has 0 saturated heterocycles. The molecular weight excluding hydrogens is 366 g/mol. The highest BCUT2D eigenvalue weighted by molar-refractivity contribution is 7.13. The number of esters is 1. The Labute approximate surface area is 161 Å². The average Bonchev–Trinajstić information content (AvgIpc) is 3.20. The van der Waals surface area contributed by atoms with Gasteiger partial charge in [0.1, 0.15) is 11.6 Å². The van der Waals surface area contributed by atoms with Crippen LogP contribution in [0.1, 0.15) is 21.6 Å². The number of hydrogen-bond acceptors (Lipinski definition) is 7. The van der Waals surface area contributed by atoms with Crippen LogP contribution >= 0.6 is 11.3 Å². The van der Waals surface area contributed by atoms with E-state index in [4.69, 9.17) is 19.3 Å². The van der Waals surface area contributed by atoms with Gasteiger partial charge in [-0.1, -0.05) is 12.1 Å². The molecule has 0 amide bonds. The van der Waals surface area contributed by atoms with Gasteiger partial charge in [-0.3, -0.25) is 0 Å². The lowest BCUT2D eigenvalue weighted by Crippen LogP contribution is -2.05. The van der Waals surface area contributed by atoms with Crippen LogP contribution in [0.2, 0.25) is 0 Å². The molecule has 3 aromatic rings. The van der Waals surface area contributed by atoms with E-state index in [0.717, 1.165) is 16.1 Å². The Morgan fingerprint density at radius 2 is 1.81 bits per heavy atom. The third-order valence-electron chi connectivity index (χ3n) is 3.91. The maximum atomic E-state index is 12.1. The van der Waals surface area contributed by atoms with Gasteiger partial charge in [0.15, 0.2) is 11.5 Å². The Morgan fingerprint density at radius 3 is 2.48 bits per heavy atom. The zero-order chi connectivity index (χ0) is 19.2.